The highest BCUT2D eigenvalue weighted by Gasteiger charge is 2.73. The largest absolute Gasteiger partial charge is 0.481 e. The first-order chi connectivity index (χ1) is 24.8. The molecule has 53 heavy (non-hydrogen) atoms. The van der Waals surface area contributed by atoms with Crippen molar-refractivity contribution in [3.8, 4) is 0 Å². The summed E-state index contributed by atoms with van der Waals surface area (Å²) >= 11 is 0. The second kappa shape index (κ2) is 13.1. The van der Waals surface area contributed by atoms with Gasteiger partial charge in [0.15, 0.2) is 0 Å². The Balaban J connectivity index is 1.38. The fourth-order valence-electron chi connectivity index (χ4n) is 13.0. The molecule has 12 atom stereocenters. The van der Waals surface area contributed by atoms with Crippen LogP contribution in [0.1, 0.15) is 137 Å². The summed E-state index contributed by atoms with van der Waals surface area (Å²) < 4.78 is 16.1. The van der Waals surface area contributed by atoms with Crippen molar-refractivity contribution in [2.45, 2.75) is 144 Å². The SMILES string of the molecule is CN[C@@](C)(CO[C@H]1[C@H](n2ncnc2C(=O)NC2CC2)C[C@]2(C)COC[C@@]13C1=CC[C@@]4(C)[C@H](C(=O)O)[C@@](C)([C@H](C)C(C)C)CC[C@]4(C)[C@H]1CC[C@H]23)C(C)C. The molecule has 0 spiro atoms. The van der Waals surface area contributed by atoms with Gasteiger partial charge in [0.2, 0.25) is 5.82 Å². The number of allylic oxidation sites excluding steroid dienone is 1. The van der Waals surface area contributed by atoms with E-state index in [9.17, 15) is 14.7 Å². The highest BCUT2D eigenvalue weighted by atomic mass is 16.5. The average molecular weight is 736 g/mol. The van der Waals surface area contributed by atoms with E-state index in [1.807, 2.05) is 11.7 Å². The highest BCUT2D eigenvalue weighted by molar-refractivity contribution is 5.91. The van der Waals surface area contributed by atoms with Crippen LogP contribution < -0.4 is 10.6 Å². The van der Waals surface area contributed by atoms with Gasteiger partial charge in [-0.1, -0.05) is 74.0 Å². The van der Waals surface area contributed by atoms with E-state index in [1.54, 1.807) is 0 Å². The number of rotatable bonds is 11. The van der Waals surface area contributed by atoms with Gasteiger partial charge in [-0.3, -0.25) is 9.59 Å². The summed E-state index contributed by atoms with van der Waals surface area (Å²) in [6.07, 6.45) is 11.2. The van der Waals surface area contributed by atoms with Crippen LogP contribution in [0.4, 0.5) is 0 Å². The lowest BCUT2D eigenvalue weighted by molar-refractivity contribution is -0.255. The molecule has 10 heteroatoms. The lowest BCUT2D eigenvalue weighted by Gasteiger charge is -2.71. The molecule has 1 amide bonds. The van der Waals surface area contributed by atoms with Gasteiger partial charge in [0.1, 0.15) is 6.33 Å². The van der Waals surface area contributed by atoms with Crippen molar-refractivity contribution in [3.63, 3.8) is 0 Å². The lowest BCUT2D eigenvalue weighted by atomic mass is 9.34. The summed E-state index contributed by atoms with van der Waals surface area (Å²) in [6, 6.07) is -0.0243. The van der Waals surface area contributed by atoms with Gasteiger partial charge in [0, 0.05) is 17.0 Å². The molecular formula is C43H69N5O5. The third-order valence-electron chi connectivity index (χ3n) is 17.4. The Hall–Kier alpha value is -2.30. The number of nitrogens with one attached hydrogen (secondary N) is 2. The topological polar surface area (TPSA) is 128 Å². The molecule has 2 bridgehead atoms. The van der Waals surface area contributed by atoms with E-state index in [-0.39, 0.29) is 57.7 Å². The number of ether oxygens (including phenoxy) is 2. The second-order valence-corrected chi connectivity index (χ2v) is 20.5. The first-order valence-corrected chi connectivity index (χ1v) is 20.8. The monoisotopic (exact) mass is 736 g/mol. The predicted octanol–water partition coefficient (Wildman–Crippen LogP) is 7.32. The van der Waals surface area contributed by atoms with Gasteiger partial charge in [-0.25, -0.2) is 9.67 Å². The van der Waals surface area contributed by atoms with E-state index in [4.69, 9.17) is 14.6 Å². The van der Waals surface area contributed by atoms with Crippen LogP contribution in [0, 0.1) is 62.6 Å². The first kappa shape index (κ1) is 39.0. The Bertz CT molecular complexity index is 1620. The first-order valence-electron chi connectivity index (χ1n) is 20.8. The van der Waals surface area contributed by atoms with Gasteiger partial charge in [0.25, 0.3) is 5.91 Å². The van der Waals surface area contributed by atoms with Gasteiger partial charge in [0.05, 0.1) is 37.9 Å². The van der Waals surface area contributed by atoms with Crippen molar-refractivity contribution in [1.82, 2.24) is 25.4 Å². The lowest BCUT2D eigenvalue weighted by Crippen LogP contribution is -2.70. The maximum absolute atomic E-state index is 13.7. The molecule has 0 unspecified atom stereocenters. The molecule has 0 aromatic carbocycles. The van der Waals surface area contributed by atoms with Crippen molar-refractivity contribution in [2.24, 2.45) is 62.6 Å². The molecular weight excluding hydrogens is 667 g/mol. The molecule has 6 aliphatic rings. The van der Waals surface area contributed by atoms with Crippen molar-refractivity contribution < 1.29 is 24.2 Å². The van der Waals surface area contributed by atoms with Crippen molar-refractivity contribution in [1.29, 1.82) is 0 Å². The third-order valence-corrected chi connectivity index (χ3v) is 17.4. The van der Waals surface area contributed by atoms with Crippen molar-refractivity contribution >= 4 is 11.9 Å². The number of aliphatic carboxylic acids is 1. The second-order valence-electron chi connectivity index (χ2n) is 20.5. The van der Waals surface area contributed by atoms with E-state index in [2.05, 4.69) is 90.9 Å². The molecule has 7 rings (SSSR count). The zero-order valence-electron chi connectivity index (χ0n) is 34.6. The molecule has 3 N–H and O–H groups in total. The number of carboxylic acid groups (broad SMARTS) is 1. The van der Waals surface area contributed by atoms with Gasteiger partial charge < -0.3 is 25.2 Å². The number of nitrogens with zero attached hydrogens (tertiary/aromatic N) is 3. The minimum absolute atomic E-state index is 0.167. The summed E-state index contributed by atoms with van der Waals surface area (Å²) in [4.78, 5) is 31.9. The Kier molecular flexibility index (Phi) is 9.66. The molecule has 2 heterocycles. The Morgan fingerprint density at radius 1 is 1.06 bits per heavy atom. The highest BCUT2D eigenvalue weighted by Crippen LogP contribution is 2.75. The maximum atomic E-state index is 13.7. The number of likely N-dealkylation sites (N-methyl/N-ethyl adjacent to an activating group) is 1. The smallest absolute Gasteiger partial charge is 0.307 e. The number of amides is 1. The van der Waals surface area contributed by atoms with Gasteiger partial charge in [-0.2, -0.15) is 5.10 Å². The van der Waals surface area contributed by atoms with Crippen LogP contribution in [0.2, 0.25) is 0 Å². The van der Waals surface area contributed by atoms with E-state index in [0.717, 1.165) is 44.9 Å². The zero-order chi connectivity index (χ0) is 38.5. The summed E-state index contributed by atoms with van der Waals surface area (Å²) in [5.41, 5.74) is -0.439. The molecule has 1 aromatic heterocycles. The van der Waals surface area contributed by atoms with Crippen LogP contribution in [0.15, 0.2) is 18.0 Å². The fourth-order valence-corrected chi connectivity index (χ4v) is 13.0. The molecule has 5 aliphatic carbocycles. The van der Waals surface area contributed by atoms with Crippen LogP contribution in [0.25, 0.3) is 0 Å². The minimum atomic E-state index is -0.645. The molecule has 1 aromatic rings. The number of hydrogen-bond acceptors (Lipinski definition) is 7. The Morgan fingerprint density at radius 2 is 1.77 bits per heavy atom. The van der Waals surface area contributed by atoms with Crippen LogP contribution in [0.5, 0.6) is 0 Å². The maximum Gasteiger partial charge on any atom is 0.307 e. The molecule has 4 saturated carbocycles. The number of hydrogen-bond donors (Lipinski definition) is 3. The van der Waals surface area contributed by atoms with Gasteiger partial charge in [-0.05, 0) is 117 Å². The predicted molar refractivity (Wildman–Crippen MR) is 205 cm³/mol. The number of carbonyl (C=O) groups is 2. The molecule has 0 radical (unpaired) electrons. The van der Waals surface area contributed by atoms with Crippen LogP contribution >= 0.6 is 0 Å². The normalized spacial score (nSPS) is 42.5. The average Bonchev–Trinajstić information content (AvgIpc) is 3.77. The number of carboxylic acids is 1. The molecule has 5 fully saturated rings. The van der Waals surface area contributed by atoms with E-state index < -0.39 is 22.7 Å². The minimum Gasteiger partial charge on any atom is -0.481 e. The van der Waals surface area contributed by atoms with Gasteiger partial charge >= 0.3 is 5.97 Å². The molecule has 1 saturated heterocycles. The van der Waals surface area contributed by atoms with Crippen molar-refractivity contribution in [3.05, 3.63) is 23.8 Å². The van der Waals surface area contributed by atoms with Crippen LogP contribution in [-0.4, -0.2) is 76.3 Å². The van der Waals surface area contributed by atoms with E-state index >= 15 is 0 Å². The van der Waals surface area contributed by atoms with Crippen LogP contribution in [-0.2, 0) is 14.3 Å². The summed E-state index contributed by atoms with van der Waals surface area (Å²) in [5.74, 6) is 0.595. The van der Waals surface area contributed by atoms with E-state index in [0.29, 0.717) is 49.8 Å². The summed E-state index contributed by atoms with van der Waals surface area (Å²) in [5, 5.41) is 22.8. The third kappa shape index (κ3) is 5.63. The molecule has 10 nitrogen and oxygen atoms in total. The zero-order valence-corrected chi connectivity index (χ0v) is 34.6. The number of aromatic nitrogens is 3. The number of fused-ring (bicyclic) bond motifs is 3. The Morgan fingerprint density at radius 3 is 2.40 bits per heavy atom. The van der Waals surface area contributed by atoms with Crippen molar-refractivity contribution in [2.75, 3.05) is 26.9 Å². The quantitative estimate of drug-likeness (QED) is 0.202. The Labute approximate surface area is 318 Å². The van der Waals surface area contributed by atoms with E-state index in [1.165, 1.54) is 11.9 Å². The van der Waals surface area contributed by atoms with Crippen LogP contribution in [0.3, 0.4) is 0 Å². The number of carbonyl (C=O) groups excluding carboxylic acids is 1. The summed E-state index contributed by atoms with van der Waals surface area (Å²) in [7, 11) is 2.01. The molecule has 296 valence electrons. The van der Waals surface area contributed by atoms with Gasteiger partial charge in [-0.15, -0.1) is 0 Å². The fraction of sp³-hybridized carbons (Fsp3) is 0.860. The molecule has 1 aliphatic heterocycles. The summed E-state index contributed by atoms with van der Waals surface area (Å²) in [6.45, 7) is 24.6. The standard InChI is InChI=1S/C43H69N5O5/c1-25(2)27(5)39(7)18-19-40(8)29-14-15-32-38(6)20-31(48-35(45-24-46-48)36(49)47-28-12-13-28)34(53-22-42(10,44-11)26(3)4)43(32,23-52-21-38)30(29)16-17-41(40,9)33(39)37(50)51/h16,24-29,31-34,44H,12-15,17-23H2,1-11H3,(H,47,49)(H,50,51)/t27-,29+,31-,32-,33-,34+,38-,39-,40-,41+,42+,43+/m1/s1.